The number of rotatable bonds is 10. The lowest BCUT2D eigenvalue weighted by Crippen LogP contribution is -2.49. The number of methoxy groups -OCH3 is 1. The molecule has 2 aromatic carbocycles. The highest BCUT2D eigenvalue weighted by atomic mass is 35.5. The quantitative estimate of drug-likeness (QED) is 0.556. The molecule has 1 N–H and O–H groups in total. The Morgan fingerprint density at radius 1 is 1.00 bits per heavy atom. The standard InChI is InChI=1S/C23H28Cl2N2O4/c1-15(2)12-26-23(29)16(3)27(13-19-20(24)6-5-7-21(19)25)22(28)14-31-18-10-8-17(30-4)9-11-18/h5-11,15-16H,12-14H2,1-4H3,(H,26,29)/t16-/m1/s1. The molecule has 0 aliphatic carbocycles. The summed E-state index contributed by atoms with van der Waals surface area (Å²) in [6.07, 6.45) is 0. The molecule has 2 amide bonds. The number of nitrogens with one attached hydrogen (secondary N) is 1. The van der Waals surface area contributed by atoms with Gasteiger partial charge in [0, 0.05) is 28.7 Å². The van der Waals surface area contributed by atoms with Crippen LogP contribution >= 0.6 is 23.2 Å². The van der Waals surface area contributed by atoms with Gasteiger partial charge in [0.1, 0.15) is 17.5 Å². The molecular formula is C23H28Cl2N2O4. The minimum absolute atomic E-state index is 0.0829. The van der Waals surface area contributed by atoms with Gasteiger partial charge >= 0.3 is 0 Å². The lowest BCUT2D eigenvalue weighted by molar-refractivity contribution is -0.142. The van der Waals surface area contributed by atoms with E-state index in [0.29, 0.717) is 33.7 Å². The van der Waals surface area contributed by atoms with Crippen LogP contribution in [0.25, 0.3) is 0 Å². The van der Waals surface area contributed by atoms with E-state index < -0.39 is 6.04 Å². The van der Waals surface area contributed by atoms with Crippen molar-refractivity contribution in [2.24, 2.45) is 5.92 Å². The van der Waals surface area contributed by atoms with Crippen molar-refractivity contribution < 1.29 is 19.1 Å². The molecule has 1 atom stereocenters. The first kappa shape index (κ1) is 24.8. The minimum Gasteiger partial charge on any atom is -0.497 e. The third-order valence-corrected chi connectivity index (χ3v) is 5.37. The van der Waals surface area contributed by atoms with E-state index in [-0.39, 0.29) is 30.9 Å². The molecule has 0 saturated heterocycles. The first-order valence-corrected chi connectivity index (χ1v) is 10.8. The van der Waals surface area contributed by atoms with Gasteiger partial charge in [0.15, 0.2) is 6.61 Å². The second-order valence-electron chi connectivity index (χ2n) is 7.50. The molecule has 0 unspecified atom stereocenters. The molecular weight excluding hydrogens is 439 g/mol. The Labute approximate surface area is 193 Å². The Bertz CT molecular complexity index is 867. The van der Waals surface area contributed by atoms with Crippen LogP contribution in [-0.4, -0.2) is 43.0 Å². The molecule has 168 valence electrons. The summed E-state index contributed by atoms with van der Waals surface area (Å²) in [6, 6.07) is 11.3. The van der Waals surface area contributed by atoms with Crippen molar-refractivity contribution in [2.45, 2.75) is 33.4 Å². The Morgan fingerprint density at radius 3 is 2.13 bits per heavy atom. The fourth-order valence-corrected chi connectivity index (χ4v) is 3.31. The Morgan fingerprint density at radius 2 is 1.58 bits per heavy atom. The van der Waals surface area contributed by atoms with Gasteiger partial charge in [-0.3, -0.25) is 9.59 Å². The summed E-state index contributed by atoms with van der Waals surface area (Å²) in [4.78, 5) is 27.2. The van der Waals surface area contributed by atoms with E-state index in [2.05, 4.69) is 5.32 Å². The number of hydrogen-bond donors (Lipinski definition) is 1. The van der Waals surface area contributed by atoms with Crippen LogP contribution in [0.3, 0.4) is 0 Å². The van der Waals surface area contributed by atoms with E-state index >= 15 is 0 Å². The van der Waals surface area contributed by atoms with Crippen molar-refractivity contribution in [3.8, 4) is 11.5 Å². The predicted octanol–water partition coefficient (Wildman–Crippen LogP) is 4.57. The maximum Gasteiger partial charge on any atom is 0.261 e. The van der Waals surface area contributed by atoms with Crippen molar-refractivity contribution in [1.29, 1.82) is 0 Å². The Kier molecular flexibility index (Phi) is 9.46. The van der Waals surface area contributed by atoms with E-state index in [1.54, 1.807) is 56.5 Å². The van der Waals surface area contributed by atoms with Gasteiger partial charge in [-0.25, -0.2) is 0 Å². The summed E-state index contributed by atoms with van der Waals surface area (Å²) in [5.74, 6) is 0.872. The number of hydrogen-bond acceptors (Lipinski definition) is 4. The Balaban J connectivity index is 2.18. The number of carbonyl (C=O) groups is 2. The fourth-order valence-electron chi connectivity index (χ4n) is 2.79. The van der Waals surface area contributed by atoms with Crippen LogP contribution in [0.5, 0.6) is 11.5 Å². The molecule has 0 radical (unpaired) electrons. The lowest BCUT2D eigenvalue weighted by Gasteiger charge is -2.29. The van der Waals surface area contributed by atoms with Crippen molar-refractivity contribution in [2.75, 3.05) is 20.3 Å². The van der Waals surface area contributed by atoms with Crippen LogP contribution < -0.4 is 14.8 Å². The predicted molar refractivity (Wildman–Crippen MR) is 123 cm³/mol. The third-order valence-electron chi connectivity index (χ3n) is 4.66. The molecule has 31 heavy (non-hydrogen) atoms. The molecule has 0 aromatic heterocycles. The van der Waals surface area contributed by atoms with E-state index in [1.807, 2.05) is 13.8 Å². The molecule has 0 spiro atoms. The van der Waals surface area contributed by atoms with Gasteiger partial charge in [0.05, 0.1) is 7.11 Å². The maximum atomic E-state index is 13.1. The van der Waals surface area contributed by atoms with Crippen LogP contribution in [-0.2, 0) is 16.1 Å². The summed E-state index contributed by atoms with van der Waals surface area (Å²) < 4.78 is 10.7. The Hall–Kier alpha value is -2.44. The molecule has 8 heteroatoms. The van der Waals surface area contributed by atoms with Crippen LogP contribution in [0, 0.1) is 5.92 Å². The average molecular weight is 467 g/mol. The first-order valence-electron chi connectivity index (χ1n) is 9.99. The summed E-state index contributed by atoms with van der Waals surface area (Å²) in [5.41, 5.74) is 0.576. The maximum absolute atomic E-state index is 13.1. The molecule has 0 bridgehead atoms. The molecule has 6 nitrogen and oxygen atoms in total. The molecule has 0 fully saturated rings. The number of nitrogens with zero attached hydrogens (tertiary/aromatic N) is 1. The summed E-state index contributed by atoms with van der Waals surface area (Å²) >= 11 is 12.6. The minimum atomic E-state index is -0.738. The molecule has 0 aliphatic rings. The van der Waals surface area contributed by atoms with Gasteiger partial charge in [0.25, 0.3) is 5.91 Å². The van der Waals surface area contributed by atoms with Gasteiger partial charge < -0.3 is 19.7 Å². The van der Waals surface area contributed by atoms with Gasteiger partial charge in [-0.05, 0) is 49.2 Å². The highest BCUT2D eigenvalue weighted by Crippen LogP contribution is 2.26. The SMILES string of the molecule is COc1ccc(OCC(=O)N(Cc2c(Cl)cccc2Cl)[C@H](C)C(=O)NCC(C)C)cc1. The topological polar surface area (TPSA) is 67.9 Å². The number of carbonyl (C=O) groups excluding carboxylic acids is 2. The van der Waals surface area contributed by atoms with Gasteiger partial charge in [0.2, 0.25) is 5.91 Å². The highest BCUT2D eigenvalue weighted by molar-refractivity contribution is 6.36. The fraction of sp³-hybridized carbons (Fsp3) is 0.391. The first-order chi connectivity index (χ1) is 14.7. The van der Waals surface area contributed by atoms with Crippen LogP contribution in [0.1, 0.15) is 26.3 Å². The summed E-state index contributed by atoms with van der Waals surface area (Å²) in [6.45, 7) is 6.03. The van der Waals surface area contributed by atoms with Gasteiger partial charge in [-0.1, -0.05) is 43.1 Å². The van der Waals surface area contributed by atoms with Gasteiger partial charge in [-0.2, -0.15) is 0 Å². The van der Waals surface area contributed by atoms with Crippen molar-refractivity contribution in [3.63, 3.8) is 0 Å². The second kappa shape index (κ2) is 11.8. The highest BCUT2D eigenvalue weighted by Gasteiger charge is 2.27. The monoisotopic (exact) mass is 466 g/mol. The molecule has 2 aromatic rings. The summed E-state index contributed by atoms with van der Waals surface area (Å²) in [7, 11) is 1.57. The van der Waals surface area contributed by atoms with Crippen molar-refractivity contribution in [1.82, 2.24) is 10.2 Å². The summed E-state index contributed by atoms with van der Waals surface area (Å²) in [5, 5.41) is 3.72. The normalized spacial score (nSPS) is 11.7. The number of ether oxygens (including phenoxy) is 2. The van der Waals surface area contributed by atoms with Crippen LogP contribution in [0.4, 0.5) is 0 Å². The third kappa shape index (κ3) is 7.33. The number of amides is 2. The molecule has 2 rings (SSSR count). The zero-order valence-corrected chi connectivity index (χ0v) is 19.7. The van der Waals surface area contributed by atoms with E-state index in [4.69, 9.17) is 32.7 Å². The van der Waals surface area contributed by atoms with Gasteiger partial charge in [-0.15, -0.1) is 0 Å². The molecule has 0 heterocycles. The number of halogens is 2. The second-order valence-corrected chi connectivity index (χ2v) is 8.32. The smallest absolute Gasteiger partial charge is 0.261 e. The van der Waals surface area contributed by atoms with Crippen LogP contribution in [0.15, 0.2) is 42.5 Å². The zero-order valence-electron chi connectivity index (χ0n) is 18.2. The molecule has 0 aliphatic heterocycles. The largest absolute Gasteiger partial charge is 0.497 e. The number of benzene rings is 2. The van der Waals surface area contributed by atoms with Crippen molar-refractivity contribution in [3.05, 3.63) is 58.1 Å². The zero-order chi connectivity index (χ0) is 23.0. The van der Waals surface area contributed by atoms with E-state index in [0.717, 1.165) is 0 Å². The van der Waals surface area contributed by atoms with E-state index in [9.17, 15) is 9.59 Å². The lowest BCUT2D eigenvalue weighted by atomic mass is 10.1. The average Bonchev–Trinajstić information content (AvgIpc) is 2.75. The van der Waals surface area contributed by atoms with Crippen LogP contribution in [0.2, 0.25) is 10.0 Å². The molecule has 0 saturated carbocycles. The van der Waals surface area contributed by atoms with E-state index in [1.165, 1.54) is 4.90 Å². The van der Waals surface area contributed by atoms with Crippen molar-refractivity contribution >= 4 is 35.0 Å².